The summed E-state index contributed by atoms with van der Waals surface area (Å²) in [5, 5.41) is 5.20. The first kappa shape index (κ1) is 13.1. The van der Waals surface area contributed by atoms with E-state index in [1.54, 1.807) is 14.0 Å². The Morgan fingerprint density at radius 3 is 2.79 bits per heavy atom. The Bertz CT molecular complexity index is 647. The van der Waals surface area contributed by atoms with Crippen LogP contribution >= 0.6 is 0 Å². The minimum Gasteiger partial charge on any atom is -0.444 e. The zero-order valence-corrected chi connectivity index (χ0v) is 11.4. The van der Waals surface area contributed by atoms with Crippen molar-refractivity contribution in [3.8, 4) is 0 Å². The predicted molar refractivity (Wildman–Crippen MR) is 80.4 cm³/mol. The van der Waals surface area contributed by atoms with Crippen LogP contribution in [0, 0.1) is 0 Å². The van der Waals surface area contributed by atoms with Gasteiger partial charge in [0.1, 0.15) is 11.6 Å². The number of pyridine rings is 1. The van der Waals surface area contributed by atoms with Gasteiger partial charge in [-0.1, -0.05) is 18.7 Å². The van der Waals surface area contributed by atoms with Crippen LogP contribution in [0.25, 0.3) is 16.5 Å². The number of anilines is 1. The van der Waals surface area contributed by atoms with Gasteiger partial charge in [-0.2, -0.15) is 0 Å². The first-order valence-corrected chi connectivity index (χ1v) is 6.02. The van der Waals surface area contributed by atoms with Gasteiger partial charge in [-0.05, 0) is 17.5 Å². The number of nitrogens with one attached hydrogen (secondary N) is 1. The molecule has 2 rings (SSSR count). The lowest BCUT2D eigenvalue weighted by Gasteiger charge is -2.09. The molecule has 0 fully saturated rings. The number of nitrogens with zero attached hydrogens (tertiary/aromatic N) is 2. The van der Waals surface area contributed by atoms with Crippen molar-refractivity contribution in [3.05, 3.63) is 42.6 Å². The molecule has 2 aromatic rings. The van der Waals surface area contributed by atoms with Crippen LogP contribution in [0.2, 0.25) is 0 Å². The zero-order chi connectivity index (χ0) is 13.8. The van der Waals surface area contributed by atoms with Crippen LogP contribution < -0.4 is 5.32 Å². The summed E-state index contributed by atoms with van der Waals surface area (Å²) < 4.78 is 5.52. The van der Waals surface area contributed by atoms with E-state index < -0.39 is 0 Å². The van der Waals surface area contributed by atoms with Crippen LogP contribution in [0.15, 0.2) is 42.0 Å². The number of ether oxygens (including phenoxy) is 1. The Labute approximate surface area is 112 Å². The summed E-state index contributed by atoms with van der Waals surface area (Å²) in [4.78, 5) is 8.23. The molecule has 0 atom stereocenters. The molecule has 0 amide bonds. The van der Waals surface area contributed by atoms with E-state index in [2.05, 4.69) is 21.9 Å². The monoisotopic (exact) mass is 255 g/mol. The molecule has 0 saturated carbocycles. The van der Waals surface area contributed by atoms with E-state index in [1.165, 1.54) is 0 Å². The number of hydrogen-bond donors (Lipinski definition) is 1. The molecule has 0 unspecified atom stereocenters. The van der Waals surface area contributed by atoms with Crippen molar-refractivity contribution < 1.29 is 4.74 Å². The van der Waals surface area contributed by atoms with Crippen molar-refractivity contribution in [2.45, 2.75) is 6.92 Å². The van der Waals surface area contributed by atoms with Crippen molar-refractivity contribution in [1.29, 1.82) is 0 Å². The highest BCUT2D eigenvalue weighted by Crippen LogP contribution is 2.22. The summed E-state index contributed by atoms with van der Waals surface area (Å²) in [6.45, 7) is 5.73. The lowest BCUT2D eigenvalue weighted by atomic mass is 10.1. The molecule has 0 radical (unpaired) electrons. The maximum atomic E-state index is 5.52. The molecule has 4 heteroatoms. The van der Waals surface area contributed by atoms with E-state index in [4.69, 9.17) is 4.74 Å². The maximum Gasteiger partial charge on any atom is 0.186 e. The summed E-state index contributed by atoms with van der Waals surface area (Å²) in [5.41, 5.74) is 0.934. The second kappa shape index (κ2) is 5.52. The third-order valence-electron chi connectivity index (χ3n) is 2.89. The molecule has 1 aromatic heterocycles. The molecule has 1 N–H and O–H groups in total. The third kappa shape index (κ3) is 2.91. The van der Waals surface area contributed by atoms with Gasteiger partial charge in [0, 0.05) is 38.2 Å². The van der Waals surface area contributed by atoms with E-state index in [1.807, 2.05) is 37.5 Å². The molecule has 0 saturated heterocycles. The molecule has 0 aliphatic carbocycles. The van der Waals surface area contributed by atoms with Crippen molar-refractivity contribution in [1.82, 2.24) is 4.98 Å². The average molecular weight is 255 g/mol. The fourth-order valence-electron chi connectivity index (χ4n) is 1.73. The van der Waals surface area contributed by atoms with Gasteiger partial charge in [0.15, 0.2) is 5.90 Å². The van der Waals surface area contributed by atoms with Crippen molar-refractivity contribution >= 4 is 28.2 Å². The van der Waals surface area contributed by atoms with Gasteiger partial charge in [-0.3, -0.25) is 4.99 Å². The van der Waals surface area contributed by atoms with E-state index >= 15 is 0 Å². The molecule has 0 spiro atoms. The molecule has 19 heavy (non-hydrogen) atoms. The van der Waals surface area contributed by atoms with Gasteiger partial charge < -0.3 is 10.1 Å². The Kier molecular flexibility index (Phi) is 3.80. The molecular weight excluding hydrogens is 238 g/mol. The summed E-state index contributed by atoms with van der Waals surface area (Å²) in [5.74, 6) is 2.02. The van der Waals surface area contributed by atoms with Gasteiger partial charge in [-0.25, -0.2) is 4.98 Å². The highest BCUT2D eigenvalue weighted by atomic mass is 16.5. The maximum absolute atomic E-state index is 5.52. The average Bonchev–Trinajstić information content (AvgIpc) is 2.45. The molecule has 98 valence electrons. The second-order valence-corrected chi connectivity index (χ2v) is 4.15. The van der Waals surface area contributed by atoms with E-state index in [9.17, 15) is 0 Å². The first-order valence-electron chi connectivity index (χ1n) is 6.02. The van der Waals surface area contributed by atoms with Crippen LogP contribution in [0.1, 0.15) is 12.5 Å². The Morgan fingerprint density at radius 2 is 2.11 bits per heavy atom. The molecule has 0 aliphatic rings. The molecule has 4 nitrogen and oxygen atoms in total. The normalized spacial score (nSPS) is 11.4. The van der Waals surface area contributed by atoms with E-state index in [0.717, 1.165) is 22.2 Å². The highest BCUT2D eigenvalue weighted by molar-refractivity contribution is 5.88. The van der Waals surface area contributed by atoms with Crippen molar-refractivity contribution in [2.75, 3.05) is 19.4 Å². The number of hydrogen-bond acceptors (Lipinski definition) is 4. The largest absolute Gasteiger partial charge is 0.444 e. The zero-order valence-electron chi connectivity index (χ0n) is 11.4. The van der Waals surface area contributed by atoms with Crippen LogP contribution in [-0.4, -0.2) is 25.0 Å². The van der Waals surface area contributed by atoms with Gasteiger partial charge in [0.05, 0.1) is 0 Å². The second-order valence-electron chi connectivity index (χ2n) is 4.15. The third-order valence-corrected chi connectivity index (χ3v) is 2.89. The van der Waals surface area contributed by atoms with Crippen LogP contribution in [0.3, 0.4) is 0 Å². The molecule has 1 aromatic carbocycles. The Balaban J connectivity index is 2.37. The number of aromatic nitrogens is 1. The quantitative estimate of drug-likeness (QED) is 0.520. The smallest absolute Gasteiger partial charge is 0.186 e. The lowest BCUT2D eigenvalue weighted by Crippen LogP contribution is -1.98. The van der Waals surface area contributed by atoms with Gasteiger partial charge >= 0.3 is 0 Å². The van der Waals surface area contributed by atoms with Gasteiger partial charge in [-0.15, -0.1) is 0 Å². The standard InChI is InChI=1S/C15H17N3O/c1-10(19-11(2)16-3)12-5-6-13-9-18-15(17-4)8-14(13)7-12/h5-9H,1H2,2-4H3,(H,17,18). The minimum atomic E-state index is 0.591. The Hall–Kier alpha value is -2.36. The summed E-state index contributed by atoms with van der Waals surface area (Å²) in [7, 11) is 3.54. The minimum absolute atomic E-state index is 0.591. The highest BCUT2D eigenvalue weighted by Gasteiger charge is 2.04. The van der Waals surface area contributed by atoms with Crippen LogP contribution in [-0.2, 0) is 4.74 Å². The van der Waals surface area contributed by atoms with Crippen LogP contribution in [0.5, 0.6) is 0 Å². The van der Waals surface area contributed by atoms with Gasteiger partial charge in [0.25, 0.3) is 0 Å². The van der Waals surface area contributed by atoms with Gasteiger partial charge in [0.2, 0.25) is 0 Å². The molecule has 1 heterocycles. The topological polar surface area (TPSA) is 46.5 Å². The number of fused-ring (bicyclic) bond motifs is 1. The molecular formula is C15H17N3O. The summed E-state index contributed by atoms with van der Waals surface area (Å²) in [6, 6.07) is 7.99. The summed E-state index contributed by atoms with van der Waals surface area (Å²) in [6.07, 6.45) is 1.84. The fraction of sp³-hybridized carbons (Fsp3) is 0.200. The van der Waals surface area contributed by atoms with E-state index in [0.29, 0.717) is 11.7 Å². The van der Waals surface area contributed by atoms with Crippen molar-refractivity contribution in [3.63, 3.8) is 0 Å². The molecule has 0 aliphatic heterocycles. The molecule has 0 bridgehead atoms. The summed E-state index contributed by atoms with van der Waals surface area (Å²) >= 11 is 0. The predicted octanol–water partition coefficient (Wildman–Crippen LogP) is 3.31. The Morgan fingerprint density at radius 1 is 1.32 bits per heavy atom. The number of rotatable bonds is 3. The fourth-order valence-corrected chi connectivity index (χ4v) is 1.73. The number of aliphatic imine (C=N–C) groups is 1. The SMILES string of the molecule is C=C(OC(C)=NC)c1ccc2cnc(NC)cc2c1. The number of benzene rings is 1. The van der Waals surface area contributed by atoms with Crippen molar-refractivity contribution in [2.24, 2.45) is 4.99 Å². The lowest BCUT2D eigenvalue weighted by molar-refractivity contribution is 0.504. The first-order chi connectivity index (χ1) is 9.13. The van der Waals surface area contributed by atoms with E-state index in [-0.39, 0.29) is 0 Å². The van der Waals surface area contributed by atoms with Crippen LogP contribution in [0.4, 0.5) is 5.82 Å².